The summed E-state index contributed by atoms with van der Waals surface area (Å²) < 4.78 is 12.8. The van der Waals surface area contributed by atoms with Crippen LogP contribution in [0, 0.1) is 0 Å². The van der Waals surface area contributed by atoms with Crippen molar-refractivity contribution < 1.29 is 13.9 Å². The van der Waals surface area contributed by atoms with Gasteiger partial charge in [0.1, 0.15) is 0 Å². The van der Waals surface area contributed by atoms with Crippen LogP contribution in [0.25, 0.3) is 22.2 Å². The van der Waals surface area contributed by atoms with Crippen molar-refractivity contribution in [3.63, 3.8) is 0 Å². The molecule has 0 bridgehead atoms. The molecule has 0 unspecified atom stereocenters. The average Bonchev–Trinajstić information content (AvgIpc) is 3.18. The van der Waals surface area contributed by atoms with Crippen LogP contribution in [0.1, 0.15) is 16.4 Å². The largest absolute Gasteiger partial charge is 0.451 e. The number of halogens is 1. The van der Waals surface area contributed by atoms with E-state index in [0.717, 1.165) is 14.7 Å². The Morgan fingerprint density at radius 2 is 1.82 bits per heavy atom. The molecule has 0 aliphatic carbocycles. The van der Waals surface area contributed by atoms with Crippen molar-refractivity contribution >= 4 is 32.7 Å². The lowest BCUT2D eigenvalue weighted by molar-refractivity contribution is 0.0431. The summed E-state index contributed by atoms with van der Waals surface area (Å²) in [5, 5.41) is 12.7. The van der Waals surface area contributed by atoms with Crippen molar-refractivity contribution in [1.29, 1.82) is 0 Å². The minimum Gasteiger partial charge on any atom is -0.451 e. The molecule has 9 heteroatoms. The van der Waals surface area contributed by atoms with E-state index in [0.29, 0.717) is 16.7 Å². The van der Waals surface area contributed by atoms with Gasteiger partial charge in [-0.1, -0.05) is 30.3 Å². The van der Waals surface area contributed by atoms with Gasteiger partial charge < -0.3 is 9.15 Å². The first kappa shape index (κ1) is 18.1. The Bertz CT molecular complexity index is 1250. The monoisotopic (exact) mass is 440 g/mol. The number of hydrogen-bond donors (Lipinski definition) is 0. The van der Waals surface area contributed by atoms with E-state index in [-0.39, 0.29) is 23.8 Å². The number of aromatic nitrogens is 4. The third kappa shape index (κ3) is 3.31. The Morgan fingerprint density at radius 1 is 1.11 bits per heavy atom. The molecule has 8 nitrogen and oxygen atoms in total. The maximum absolute atomic E-state index is 12.5. The first-order chi connectivity index (χ1) is 13.5. The van der Waals surface area contributed by atoms with Gasteiger partial charge in [-0.15, -0.1) is 10.2 Å². The number of rotatable bonds is 4. The SMILES string of the molecule is Cn1nc(C(=O)OCc2nnc(-c3ccccc3Br)o2)c2ccccc2c1=O. The van der Waals surface area contributed by atoms with Gasteiger partial charge >= 0.3 is 5.97 Å². The van der Waals surface area contributed by atoms with E-state index in [2.05, 4.69) is 31.2 Å². The minimum absolute atomic E-state index is 0.0447. The third-order valence-electron chi connectivity index (χ3n) is 4.05. The Balaban J connectivity index is 1.56. The molecule has 0 amide bonds. The predicted octanol–water partition coefficient (Wildman–Crippen LogP) is 3.10. The molecule has 28 heavy (non-hydrogen) atoms. The maximum Gasteiger partial charge on any atom is 0.359 e. The minimum atomic E-state index is -0.688. The van der Waals surface area contributed by atoms with E-state index in [4.69, 9.17) is 9.15 Å². The van der Waals surface area contributed by atoms with Gasteiger partial charge in [-0.3, -0.25) is 4.79 Å². The maximum atomic E-state index is 12.5. The summed E-state index contributed by atoms with van der Waals surface area (Å²) in [6.45, 7) is -0.213. The van der Waals surface area contributed by atoms with Gasteiger partial charge in [-0.25, -0.2) is 9.48 Å². The molecule has 0 aliphatic heterocycles. The average molecular weight is 441 g/mol. The molecule has 4 aromatic rings. The number of fused-ring (bicyclic) bond motifs is 1. The van der Waals surface area contributed by atoms with Crippen LogP contribution in [0.3, 0.4) is 0 Å². The first-order valence-corrected chi connectivity index (χ1v) is 9.04. The van der Waals surface area contributed by atoms with Gasteiger partial charge in [0.15, 0.2) is 12.3 Å². The number of nitrogens with zero attached hydrogens (tertiary/aromatic N) is 4. The van der Waals surface area contributed by atoms with Crippen LogP contribution in [0.4, 0.5) is 0 Å². The van der Waals surface area contributed by atoms with Gasteiger partial charge in [0, 0.05) is 16.9 Å². The number of esters is 1. The molecule has 0 atom stereocenters. The van der Waals surface area contributed by atoms with Crippen LogP contribution in [0.2, 0.25) is 0 Å². The third-order valence-corrected chi connectivity index (χ3v) is 4.74. The van der Waals surface area contributed by atoms with E-state index in [9.17, 15) is 9.59 Å². The summed E-state index contributed by atoms with van der Waals surface area (Å²) in [4.78, 5) is 24.7. The number of ether oxygens (including phenoxy) is 1. The molecule has 0 spiro atoms. The van der Waals surface area contributed by atoms with Crippen molar-refractivity contribution in [2.24, 2.45) is 7.05 Å². The van der Waals surface area contributed by atoms with Gasteiger partial charge in [-0.05, 0) is 34.1 Å². The molecule has 0 aliphatic rings. The second kappa shape index (κ2) is 7.35. The first-order valence-electron chi connectivity index (χ1n) is 8.25. The van der Waals surface area contributed by atoms with Gasteiger partial charge in [0.25, 0.3) is 11.4 Å². The Morgan fingerprint density at radius 3 is 2.61 bits per heavy atom. The summed E-state index contributed by atoms with van der Waals surface area (Å²) in [6, 6.07) is 14.1. The summed E-state index contributed by atoms with van der Waals surface area (Å²) in [5.41, 5.74) is 0.490. The van der Waals surface area contributed by atoms with Gasteiger partial charge in [0.2, 0.25) is 5.89 Å². The zero-order chi connectivity index (χ0) is 19.7. The molecule has 2 heterocycles. The highest BCUT2D eigenvalue weighted by Crippen LogP contribution is 2.26. The number of carbonyl (C=O) groups excluding carboxylic acids is 1. The second-order valence-electron chi connectivity index (χ2n) is 5.88. The quantitative estimate of drug-likeness (QED) is 0.449. The van der Waals surface area contributed by atoms with Crippen LogP contribution in [-0.2, 0) is 18.4 Å². The molecule has 0 fully saturated rings. The molecule has 0 saturated carbocycles. The van der Waals surface area contributed by atoms with Gasteiger partial charge in [-0.2, -0.15) is 5.10 Å². The van der Waals surface area contributed by atoms with E-state index in [1.807, 2.05) is 24.3 Å². The fourth-order valence-electron chi connectivity index (χ4n) is 2.70. The number of aryl methyl sites for hydroxylation is 1. The number of benzene rings is 2. The fourth-order valence-corrected chi connectivity index (χ4v) is 3.16. The lowest BCUT2D eigenvalue weighted by Gasteiger charge is -2.07. The highest BCUT2D eigenvalue weighted by atomic mass is 79.9. The highest BCUT2D eigenvalue weighted by molar-refractivity contribution is 9.10. The molecule has 2 aromatic heterocycles. The summed E-state index contributed by atoms with van der Waals surface area (Å²) in [5.74, 6) is -0.232. The van der Waals surface area contributed by atoms with E-state index < -0.39 is 5.97 Å². The number of carbonyl (C=O) groups is 1. The van der Waals surface area contributed by atoms with E-state index >= 15 is 0 Å². The lowest BCUT2D eigenvalue weighted by atomic mass is 10.1. The molecule has 0 N–H and O–H groups in total. The Kier molecular flexibility index (Phi) is 4.74. The van der Waals surface area contributed by atoms with Crippen molar-refractivity contribution in [3.8, 4) is 11.5 Å². The molecule has 0 radical (unpaired) electrons. The zero-order valence-corrected chi connectivity index (χ0v) is 16.2. The Hall–Kier alpha value is -3.33. The zero-order valence-electron chi connectivity index (χ0n) is 14.6. The molecule has 4 rings (SSSR count). The van der Waals surface area contributed by atoms with Gasteiger partial charge in [0.05, 0.1) is 10.9 Å². The Labute approximate surface area is 166 Å². The van der Waals surface area contributed by atoms with Crippen molar-refractivity contribution in [2.45, 2.75) is 6.61 Å². The standard InChI is InChI=1S/C19H13BrN4O4/c1-24-18(25)12-7-3-2-6-11(12)16(23-24)19(26)27-10-15-21-22-17(28-15)13-8-4-5-9-14(13)20/h2-9H,10H2,1H3. The van der Waals surface area contributed by atoms with Crippen LogP contribution >= 0.6 is 15.9 Å². The van der Waals surface area contributed by atoms with Crippen molar-refractivity contribution in [2.75, 3.05) is 0 Å². The summed E-state index contributed by atoms with van der Waals surface area (Å²) in [6.07, 6.45) is 0. The van der Waals surface area contributed by atoms with Crippen LogP contribution in [0.15, 0.2) is 62.2 Å². The fraction of sp³-hybridized carbons (Fsp3) is 0.105. The molecule has 2 aromatic carbocycles. The van der Waals surface area contributed by atoms with E-state index in [1.165, 1.54) is 7.05 Å². The lowest BCUT2D eigenvalue weighted by Crippen LogP contribution is -2.23. The molecule has 0 saturated heterocycles. The molecular formula is C19H13BrN4O4. The topological polar surface area (TPSA) is 100 Å². The predicted molar refractivity (Wildman–Crippen MR) is 104 cm³/mol. The smallest absolute Gasteiger partial charge is 0.359 e. The van der Waals surface area contributed by atoms with Crippen LogP contribution in [-0.4, -0.2) is 25.9 Å². The summed E-state index contributed by atoms with van der Waals surface area (Å²) >= 11 is 3.42. The van der Waals surface area contributed by atoms with Crippen LogP contribution in [0.5, 0.6) is 0 Å². The van der Waals surface area contributed by atoms with E-state index in [1.54, 1.807) is 24.3 Å². The molecule has 140 valence electrons. The van der Waals surface area contributed by atoms with Crippen molar-refractivity contribution in [1.82, 2.24) is 20.0 Å². The second-order valence-corrected chi connectivity index (χ2v) is 6.73. The molecular weight excluding hydrogens is 428 g/mol. The van der Waals surface area contributed by atoms with Crippen LogP contribution < -0.4 is 5.56 Å². The van der Waals surface area contributed by atoms with Crippen molar-refractivity contribution in [3.05, 3.63) is 74.9 Å². The normalized spacial score (nSPS) is 10.9. The highest BCUT2D eigenvalue weighted by Gasteiger charge is 2.18. The summed E-state index contributed by atoms with van der Waals surface area (Å²) in [7, 11) is 1.48. The number of hydrogen-bond acceptors (Lipinski definition) is 7.